The summed E-state index contributed by atoms with van der Waals surface area (Å²) >= 11 is 5.23. The fourth-order valence-electron chi connectivity index (χ4n) is 3.18. The Kier molecular flexibility index (Phi) is 7.54. The third-order valence-corrected chi connectivity index (χ3v) is 5.19. The lowest BCUT2D eigenvalue weighted by Crippen LogP contribution is -2.34. The van der Waals surface area contributed by atoms with E-state index in [4.69, 9.17) is 17.0 Å². The SMILES string of the molecule is CC(C)c1ccc(C(=O)NC(=S)Nc2ccc(C(=O)NCC3CCCO3)cc2)cc1. The normalized spacial score (nSPS) is 15.6. The smallest absolute Gasteiger partial charge is 0.257 e. The van der Waals surface area contributed by atoms with Crippen molar-refractivity contribution < 1.29 is 14.3 Å². The van der Waals surface area contributed by atoms with Gasteiger partial charge in [-0.15, -0.1) is 0 Å². The van der Waals surface area contributed by atoms with Crippen molar-refractivity contribution in [3.05, 3.63) is 65.2 Å². The van der Waals surface area contributed by atoms with Crippen LogP contribution in [0.5, 0.6) is 0 Å². The Morgan fingerprint density at radius 3 is 2.27 bits per heavy atom. The molecule has 2 aromatic rings. The van der Waals surface area contributed by atoms with Crippen LogP contribution in [0.1, 0.15) is 58.9 Å². The second-order valence-electron chi connectivity index (χ2n) is 7.61. The number of amides is 2. The van der Waals surface area contributed by atoms with Gasteiger partial charge in [0.1, 0.15) is 0 Å². The molecule has 158 valence electrons. The Labute approximate surface area is 182 Å². The molecule has 1 aliphatic rings. The molecule has 0 spiro atoms. The highest BCUT2D eigenvalue weighted by atomic mass is 32.1. The molecule has 30 heavy (non-hydrogen) atoms. The summed E-state index contributed by atoms with van der Waals surface area (Å²) in [6.45, 7) is 5.49. The number of benzene rings is 2. The van der Waals surface area contributed by atoms with Crippen LogP contribution in [0, 0.1) is 0 Å². The zero-order chi connectivity index (χ0) is 21.5. The number of thiocarbonyl (C=S) groups is 1. The predicted molar refractivity (Wildman–Crippen MR) is 122 cm³/mol. The number of anilines is 1. The molecule has 1 unspecified atom stereocenters. The number of ether oxygens (including phenoxy) is 1. The minimum Gasteiger partial charge on any atom is -0.376 e. The minimum atomic E-state index is -0.270. The number of hydrogen-bond acceptors (Lipinski definition) is 4. The summed E-state index contributed by atoms with van der Waals surface area (Å²) in [6, 6.07) is 14.4. The highest BCUT2D eigenvalue weighted by molar-refractivity contribution is 7.80. The van der Waals surface area contributed by atoms with Gasteiger partial charge in [-0.2, -0.15) is 0 Å². The van der Waals surface area contributed by atoms with E-state index in [1.54, 1.807) is 36.4 Å². The summed E-state index contributed by atoms with van der Waals surface area (Å²) in [4.78, 5) is 24.6. The number of carbonyl (C=O) groups is 2. The molecular formula is C23H27N3O3S. The van der Waals surface area contributed by atoms with Gasteiger partial charge in [0.25, 0.3) is 11.8 Å². The van der Waals surface area contributed by atoms with Crippen LogP contribution < -0.4 is 16.0 Å². The van der Waals surface area contributed by atoms with E-state index in [0.717, 1.165) is 19.4 Å². The maximum Gasteiger partial charge on any atom is 0.257 e. The molecule has 3 N–H and O–H groups in total. The molecular weight excluding hydrogens is 398 g/mol. The fraction of sp³-hybridized carbons (Fsp3) is 0.348. The standard InChI is InChI=1S/C23H27N3O3S/c1-15(2)16-5-7-18(8-6-16)22(28)26-23(30)25-19-11-9-17(10-12-19)21(27)24-14-20-4-3-13-29-20/h5-12,15,20H,3-4,13-14H2,1-2H3,(H,24,27)(H2,25,26,28,30). The zero-order valence-electron chi connectivity index (χ0n) is 17.2. The summed E-state index contributed by atoms with van der Waals surface area (Å²) in [5.41, 5.74) is 2.96. The van der Waals surface area contributed by atoms with Crippen molar-refractivity contribution in [1.29, 1.82) is 0 Å². The highest BCUT2D eigenvalue weighted by Gasteiger charge is 2.16. The second kappa shape index (κ2) is 10.3. The maximum absolute atomic E-state index is 12.3. The van der Waals surface area contributed by atoms with E-state index in [1.807, 2.05) is 12.1 Å². The van der Waals surface area contributed by atoms with Crippen LogP contribution in [0.15, 0.2) is 48.5 Å². The van der Waals surface area contributed by atoms with E-state index < -0.39 is 0 Å². The molecule has 0 saturated carbocycles. The van der Waals surface area contributed by atoms with Gasteiger partial charge in [0.05, 0.1) is 6.10 Å². The third-order valence-electron chi connectivity index (χ3n) is 4.99. The Hall–Kier alpha value is -2.77. The molecule has 1 saturated heterocycles. The molecule has 0 aliphatic carbocycles. The van der Waals surface area contributed by atoms with Crippen molar-refractivity contribution in [2.75, 3.05) is 18.5 Å². The molecule has 2 aromatic carbocycles. The Morgan fingerprint density at radius 2 is 1.67 bits per heavy atom. The van der Waals surface area contributed by atoms with Crippen LogP contribution in [-0.2, 0) is 4.74 Å². The Bertz CT molecular complexity index is 889. The first-order valence-electron chi connectivity index (χ1n) is 10.1. The molecule has 0 bridgehead atoms. The molecule has 0 aromatic heterocycles. The van der Waals surface area contributed by atoms with Crippen LogP contribution in [0.3, 0.4) is 0 Å². The van der Waals surface area contributed by atoms with Gasteiger partial charge in [0.15, 0.2) is 5.11 Å². The first-order chi connectivity index (χ1) is 14.4. The lowest BCUT2D eigenvalue weighted by Gasteiger charge is -2.12. The summed E-state index contributed by atoms with van der Waals surface area (Å²) in [5, 5.41) is 8.72. The van der Waals surface area contributed by atoms with Crippen LogP contribution in [0.2, 0.25) is 0 Å². The van der Waals surface area contributed by atoms with Crippen LogP contribution in [0.4, 0.5) is 5.69 Å². The molecule has 1 aliphatic heterocycles. The van der Waals surface area contributed by atoms with Gasteiger partial charge in [-0.05, 0) is 72.9 Å². The topological polar surface area (TPSA) is 79.5 Å². The largest absolute Gasteiger partial charge is 0.376 e. The summed E-state index contributed by atoms with van der Waals surface area (Å²) in [5.74, 6) is -0.00309. The van der Waals surface area contributed by atoms with Crippen molar-refractivity contribution >= 4 is 34.8 Å². The Morgan fingerprint density at radius 1 is 1.03 bits per heavy atom. The van der Waals surface area contributed by atoms with Gasteiger partial charge in [0.2, 0.25) is 0 Å². The van der Waals surface area contributed by atoms with Gasteiger partial charge in [-0.3, -0.25) is 14.9 Å². The number of rotatable bonds is 6. The number of hydrogen-bond donors (Lipinski definition) is 3. The van der Waals surface area contributed by atoms with Gasteiger partial charge < -0.3 is 15.4 Å². The molecule has 7 heteroatoms. The molecule has 3 rings (SSSR count). The first-order valence-corrected chi connectivity index (χ1v) is 10.6. The minimum absolute atomic E-state index is 0.109. The quantitative estimate of drug-likeness (QED) is 0.613. The monoisotopic (exact) mass is 425 g/mol. The van der Waals surface area contributed by atoms with E-state index >= 15 is 0 Å². The van der Waals surface area contributed by atoms with Crippen molar-refractivity contribution in [3.8, 4) is 0 Å². The Balaban J connectivity index is 1.48. The van der Waals surface area contributed by atoms with Crippen molar-refractivity contribution in [2.45, 2.75) is 38.7 Å². The van der Waals surface area contributed by atoms with Crippen molar-refractivity contribution in [3.63, 3.8) is 0 Å². The zero-order valence-corrected chi connectivity index (χ0v) is 18.1. The second-order valence-corrected chi connectivity index (χ2v) is 8.02. The lowest BCUT2D eigenvalue weighted by atomic mass is 10.0. The molecule has 1 heterocycles. The van der Waals surface area contributed by atoms with Gasteiger partial charge >= 0.3 is 0 Å². The molecule has 1 fully saturated rings. The van der Waals surface area contributed by atoms with E-state index in [-0.39, 0.29) is 23.0 Å². The summed E-state index contributed by atoms with van der Waals surface area (Å²) < 4.78 is 5.51. The number of carbonyl (C=O) groups excluding carboxylic acids is 2. The first kappa shape index (κ1) is 21.9. The fourth-order valence-corrected chi connectivity index (χ4v) is 3.39. The van der Waals surface area contributed by atoms with Crippen LogP contribution in [-0.4, -0.2) is 36.2 Å². The molecule has 0 radical (unpaired) electrons. The molecule has 1 atom stereocenters. The van der Waals surface area contributed by atoms with E-state index in [2.05, 4.69) is 29.8 Å². The van der Waals surface area contributed by atoms with Gasteiger partial charge in [-0.1, -0.05) is 26.0 Å². The average Bonchev–Trinajstić information content (AvgIpc) is 3.26. The summed E-state index contributed by atoms with van der Waals surface area (Å²) in [6.07, 6.45) is 2.13. The molecule has 6 nitrogen and oxygen atoms in total. The van der Waals surface area contributed by atoms with E-state index in [9.17, 15) is 9.59 Å². The average molecular weight is 426 g/mol. The number of nitrogens with one attached hydrogen (secondary N) is 3. The van der Waals surface area contributed by atoms with Crippen molar-refractivity contribution in [2.24, 2.45) is 0 Å². The molecule has 2 amide bonds. The van der Waals surface area contributed by atoms with E-state index in [0.29, 0.717) is 29.3 Å². The van der Waals surface area contributed by atoms with Gasteiger partial charge in [-0.25, -0.2) is 0 Å². The highest BCUT2D eigenvalue weighted by Crippen LogP contribution is 2.15. The predicted octanol–water partition coefficient (Wildman–Crippen LogP) is 3.85. The van der Waals surface area contributed by atoms with Gasteiger partial charge in [0, 0.05) is 30.0 Å². The van der Waals surface area contributed by atoms with Crippen molar-refractivity contribution in [1.82, 2.24) is 10.6 Å². The maximum atomic E-state index is 12.3. The van der Waals surface area contributed by atoms with Crippen LogP contribution in [0.25, 0.3) is 0 Å². The van der Waals surface area contributed by atoms with Crippen LogP contribution >= 0.6 is 12.2 Å². The lowest BCUT2D eigenvalue weighted by molar-refractivity contribution is 0.0857. The summed E-state index contributed by atoms with van der Waals surface area (Å²) in [7, 11) is 0. The van der Waals surface area contributed by atoms with E-state index in [1.165, 1.54) is 5.56 Å². The third kappa shape index (κ3) is 6.11.